The van der Waals surface area contributed by atoms with Crippen LogP contribution in [-0.4, -0.2) is 245 Å². The highest BCUT2D eigenvalue weighted by Gasteiger charge is 2.31. The van der Waals surface area contributed by atoms with E-state index in [1.807, 2.05) is 74.2 Å². The molecule has 0 aromatic heterocycles. The Hall–Kier alpha value is -6.81. The van der Waals surface area contributed by atoms with Gasteiger partial charge in [0.2, 0.25) is 23.6 Å². The van der Waals surface area contributed by atoms with Crippen LogP contribution < -0.4 is 26.6 Å². The Labute approximate surface area is 589 Å². The van der Waals surface area contributed by atoms with Gasteiger partial charge in [-0.2, -0.15) is 0 Å². The topological polar surface area (TPSA) is 301 Å². The van der Waals surface area contributed by atoms with Gasteiger partial charge in [0.05, 0.1) is 72.2 Å². The molecule has 1 saturated heterocycles. The van der Waals surface area contributed by atoms with Crippen molar-refractivity contribution in [3.63, 3.8) is 0 Å². The second-order valence-corrected chi connectivity index (χ2v) is 29.4. The van der Waals surface area contributed by atoms with Crippen molar-refractivity contribution < 1.29 is 81.0 Å². The number of benzene rings is 2. The molecule has 5 N–H and O–H groups in total. The third-order valence-corrected chi connectivity index (χ3v) is 14.7. The summed E-state index contributed by atoms with van der Waals surface area (Å²) >= 11 is 0. The van der Waals surface area contributed by atoms with E-state index >= 15 is 0 Å². The molecule has 99 heavy (non-hydrogen) atoms. The molecule has 5 amide bonds. The van der Waals surface area contributed by atoms with Crippen LogP contribution in [0.4, 0.5) is 4.79 Å². The first-order chi connectivity index (χ1) is 46.6. The fourth-order valence-corrected chi connectivity index (χ4v) is 10.2. The molecule has 0 aliphatic carbocycles. The van der Waals surface area contributed by atoms with Crippen LogP contribution >= 0.6 is 0 Å². The zero-order valence-electron chi connectivity index (χ0n) is 62.1. The summed E-state index contributed by atoms with van der Waals surface area (Å²) in [4.78, 5) is 128. The highest BCUT2D eigenvalue weighted by Crippen LogP contribution is 2.16. The molecule has 2 unspecified atom stereocenters. The molecule has 1 aliphatic heterocycles. The standard InChI is InChI=1S/C73H121N9O17/c1-55(2)48-56-26-28-57(29-27-56)49-62(84)74-31-21-19-25-60(68(90)99-73(12,13)14)78-67(89)59(77-61(83)30-42-92-44-46-94-47-45-93-43-33-76-69(91)95-54-58-22-16-15-17-23-58)24-18-20-32-75-63(85)50-79-34-36-80(51-64(86)96-70(3,4)5)38-40-82(53-66(88)98-72(9,10)11)41-39-81(37-35-79)52-65(87)97-71(6,7)8/h15-17,22-23,26-29,55,59-60H,18-21,24-25,30-54H2,1-14H3,(H,74,84)(H,75,85)(H,76,91)(H,77,83)(H,78,89). The molecule has 0 saturated carbocycles. The summed E-state index contributed by atoms with van der Waals surface area (Å²) in [7, 11) is 0. The van der Waals surface area contributed by atoms with Gasteiger partial charge in [0.25, 0.3) is 0 Å². The molecule has 0 radical (unpaired) electrons. The Morgan fingerprint density at radius 3 is 1.31 bits per heavy atom. The molecule has 0 bridgehead atoms. The summed E-state index contributed by atoms with van der Waals surface area (Å²) in [6, 6.07) is 15.2. The third kappa shape index (κ3) is 44.8. The molecule has 1 heterocycles. The number of alkyl carbamates (subject to hydrolysis) is 1. The minimum Gasteiger partial charge on any atom is -0.459 e. The molecule has 1 fully saturated rings. The number of unbranched alkanes of at least 4 members (excludes halogenated alkanes) is 2. The summed E-state index contributed by atoms with van der Waals surface area (Å²) in [6.45, 7) is 30.9. The Morgan fingerprint density at radius 2 is 0.848 bits per heavy atom. The Morgan fingerprint density at radius 1 is 0.424 bits per heavy atom. The Bertz CT molecular complexity index is 2680. The van der Waals surface area contributed by atoms with Crippen LogP contribution in [0.5, 0.6) is 0 Å². The van der Waals surface area contributed by atoms with Crippen molar-refractivity contribution in [1.82, 2.24) is 46.2 Å². The van der Waals surface area contributed by atoms with Crippen LogP contribution in [0.1, 0.15) is 159 Å². The number of rotatable bonds is 40. The SMILES string of the molecule is CC(C)Cc1ccc(CC(=O)NCCCCC(NC(=O)C(CCCCNC(=O)CN2CCN(CC(=O)OC(C)(C)C)CCN(CC(=O)OC(C)(C)C)CCN(CC(=O)OC(C)(C)C)CC2)NC(=O)CCOCCOCCOCCNC(=O)OCc2ccccc2)C(=O)OC(C)(C)C)cc1. The molecule has 2 atom stereocenters. The van der Waals surface area contributed by atoms with Crippen molar-refractivity contribution in [1.29, 1.82) is 0 Å². The van der Waals surface area contributed by atoms with Crippen molar-refractivity contribution in [3.05, 3.63) is 71.3 Å². The van der Waals surface area contributed by atoms with E-state index in [1.165, 1.54) is 5.56 Å². The van der Waals surface area contributed by atoms with Crippen LogP contribution in [0.3, 0.4) is 0 Å². The van der Waals surface area contributed by atoms with E-state index < -0.39 is 76.3 Å². The van der Waals surface area contributed by atoms with Crippen molar-refractivity contribution in [2.24, 2.45) is 5.92 Å². The number of ether oxygens (including phenoxy) is 8. The number of nitrogens with one attached hydrogen (secondary N) is 5. The van der Waals surface area contributed by atoms with E-state index in [1.54, 1.807) is 83.1 Å². The van der Waals surface area contributed by atoms with Gasteiger partial charge in [-0.1, -0.05) is 68.4 Å². The molecule has 1 aliphatic rings. The number of esters is 4. The summed E-state index contributed by atoms with van der Waals surface area (Å²) in [5, 5.41) is 14.3. The lowest BCUT2D eigenvalue weighted by atomic mass is 10.0. The minimum atomic E-state index is -1.09. The van der Waals surface area contributed by atoms with E-state index in [0.717, 1.165) is 17.5 Å². The van der Waals surface area contributed by atoms with Crippen LogP contribution in [0, 0.1) is 5.92 Å². The third-order valence-electron chi connectivity index (χ3n) is 14.7. The van der Waals surface area contributed by atoms with Gasteiger partial charge in [0.1, 0.15) is 41.1 Å². The highest BCUT2D eigenvalue weighted by atomic mass is 16.6. The summed E-state index contributed by atoms with van der Waals surface area (Å²) in [6.07, 6.45) is 2.65. The number of carbonyl (C=O) groups is 9. The molecule has 26 heteroatoms. The smallest absolute Gasteiger partial charge is 0.407 e. The Balaban J connectivity index is 1.68. The minimum absolute atomic E-state index is 0.00629. The van der Waals surface area contributed by atoms with Crippen LogP contribution in [0.15, 0.2) is 54.6 Å². The molecule has 26 nitrogen and oxygen atoms in total. The van der Waals surface area contributed by atoms with Gasteiger partial charge < -0.3 is 64.5 Å². The number of carbonyl (C=O) groups excluding carboxylic acids is 9. The monoisotopic (exact) mass is 1400 g/mol. The molecule has 0 spiro atoms. The Kier molecular flexibility index (Phi) is 40.0. The van der Waals surface area contributed by atoms with Gasteiger partial charge in [-0.3, -0.25) is 53.2 Å². The van der Waals surface area contributed by atoms with Gasteiger partial charge in [-0.15, -0.1) is 0 Å². The number of nitrogens with zero attached hydrogens (tertiary/aromatic N) is 4. The fourth-order valence-electron chi connectivity index (χ4n) is 10.2. The van der Waals surface area contributed by atoms with Crippen molar-refractivity contribution in [3.8, 4) is 0 Å². The van der Waals surface area contributed by atoms with E-state index in [4.69, 9.17) is 37.9 Å². The van der Waals surface area contributed by atoms with Crippen molar-refractivity contribution in [2.75, 3.05) is 138 Å². The van der Waals surface area contributed by atoms with Crippen molar-refractivity contribution in [2.45, 2.75) is 196 Å². The van der Waals surface area contributed by atoms with E-state index in [-0.39, 0.29) is 123 Å². The quantitative estimate of drug-likeness (QED) is 0.0294. The predicted molar refractivity (Wildman–Crippen MR) is 377 cm³/mol. The normalized spacial score (nSPS) is 14.9. The number of amides is 5. The molecule has 560 valence electrons. The zero-order valence-corrected chi connectivity index (χ0v) is 62.1. The first-order valence-electron chi connectivity index (χ1n) is 35.2. The predicted octanol–water partition coefficient (Wildman–Crippen LogP) is 5.92. The maximum atomic E-state index is 14.3. The lowest BCUT2D eigenvalue weighted by Crippen LogP contribution is -2.52. The first-order valence-corrected chi connectivity index (χ1v) is 35.2. The van der Waals surface area contributed by atoms with Gasteiger partial charge >= 0.3 is 30.0 Å². The highest BCUT2D eigenvalue weighted by molar-refractivity contribution is 5.91. The van der Waals surface area contributed by atoms with Gasteiger partial charge in [0.15, 0.2) is 0 Å². The summed E-state index contributed by atoms with van der Waals surface area (Å²) in [5.41, 5.74) is -0.0164. The van der Waals surface area contributed by atoms with Gasteiger partial charge in [-0.25, -0.2) is 9.59 Å². The second-order valence-electron chi connectivity index (χ2n) is 29.4. The molecule has 2 aromatic carbocycles. The van der Waals surface area contributed by atoms with Gasteiger partial charge in [-0.05, 0) is 151 Å². The van der Waals surface area contributed by atoms with Crippen LogP contribution in [-0.2, 0) is 95.7 Å². The van der Waals surface area contributed by atoms with Crippen LogP contribution in [0.2, 0.25) is 0 Å². The maximum Gasteiger partial charge on any atom is 0.407 e. The lowest BCUT2D eigenvalue weighted by Gasteiger charge is -2.34. The van der Waals surface area contributed by atoms with Crippen LogP contribution in [0.25, 0.3) is 0 Å². The van der Waals surface area contributed by atoms with E-state index in [2.05, 4.69) is 40.4 Å². The number of hydrogen-bond acceptors (Lipinski definition) is 21. The first kappa shape index (κ1) is 86.4. The maximum absolute atomic E-state index is 14.3. The molecule has 2 aromatic rings. The summed E-state index contributed by atoms with van der Waals surface area (Å²) in [5.74, 6) is -2.83. The second kappa shape index (κ2) is 45.9. The summed E-state index contributed by atoms with van der Waals surface area (Å²) < 4.78 is 44.9. The molecule has 3 rings (SSSR count). The van der Waals surface area contributed by atoms with E-state index in [9.17, 15) is 43.2 Å². The molecular weight excluding hydrogens is 1270 g/mol. The largest absolute Gasteiger partial charge is 0.459 e. The average molecular weight is 1400 g/mol. The average Bonchev–Trinajstić information content (AvgIpc) is 0.972. The fraction of sp³-hybridized carbons (Fsp3) is 0.712. The lowest BCUT2D eigenvalue weighted by molar-refractivity contribution is -0.159. The number of hydrogen-bond donors (Lipinski definition) is 5. The zero-order chi connectivity index (χ0) is 73.4. The van der Waals surface area contributed by atoms with Gasteiger partial charge in [0, 0.05) is 78.4 Å². The molecular formula is C73H121N9O17. The van der Waals surface area contributed by atoms with Crippen molar-refractivity contribution >= 4 is 53.6 Å². The van der Waals surface area contributed by atoms with E-state index in [0.29, 0.717) is 90.5 Å².